The van der Waals surface area contributed by atoms with Crippen molar-refractivity contribution in [2.24, 2.45) is 4.99 Å². The Morgan fingerprint density at radius 1 is 1.27 bits per heavy atom. The van der Waals surface area contributed by atoms with Crippen molar-refractivity contribution >= 4 is 23.9 Å². The Bertz CT molecular complexity index is 504. The molecule has 1 fully saturated rings. The first-order chi connectivity index (χ1) is 10.5. The van der Waals surface area contributed by atoms with Crippen molar-refractivity contribution in [3.8, 4) is 0 Å². The third-order valence-electron chi connectivity index (χ3n) is 3.48. The van der Waals surface area contributed by atoms with E-state index in [2.05, 4.69) is 49.2 Å². The molecule has 22 heavy (non-hydrogen) atoms. The van der Waals surface area contributed by atoms with E-state index in [1.807, 2.05) is 19.9 Å². The van der Waals surface area contributed by atoms with Crippen LogP contribution in [0.4, 0.5) is 11.4 Å². The fraction of sp³-hybridized carbons (Fsp3) is 0.500. The van der Waals surface area contributed by atoms with Crippen LogP contribution in [0.5, 0.6) is 0 Å². The second-order valence-corrected chi connectivity index (χ2v) is 5.15. The number of methoxy groups -OCH3 is 1. The Labute approximate surface area is 134 Å². The molecule has 2 rings (SSSR count). The quantitative estimate of drug-likeness (QED) is 0.615. The highest BCUT2D eigenvalue weighted by molar-refractivity contribution is 5.74. The van der Waals surface area contributed by atoms with E-state index in [-0.39, 0.29) is 12.2 Å². The van der Waals surface area contributed by atoms with Crippen LogP contribution in [0.15, 0.2) is 29.8 Å². The summed E-state index contributed by atoms with van der Waals surface area (Å²) < 4.78 is 11.0. The zero-order chi connectivity index (χ0) is 16.7. The molecule has 1 aromatic rings. The lowest BCUT2D eigenvalue weighted by Gasteiger charge is -2.37. The fourth-order valence-corrected chi connectivity index (χ4v) is 2.58. The number of hydrogen-bond donors (Lipinski definition) is 0. The average Bonchev–Trinajstić information content (AvgIpc) is 2.54. The first-order valence-electron chi connectivity index (χ1n) is 7.79. The van der Waals surface area contributed by atoms with Gasteiger partial charge in [-0.05, 0) is 38.8 Å². The number of rotatable bonds is 4. The summed E-state index contributed by atoms with van der Waals surface area (Å²) in [4.78, 5) is 6.34. The van der Waals surface area contributed by atoms with Crippen LogP contribution in [0, 0.1) is 0 Å². The first-order valence-corrected chi connectivity index (χ1v) is 7.79. The summed E-state index contributed by atoms with van der Waals surface area (Å²) in [5, 5.41) is 0. The number of aliphatic imine (C=N–C) groups is 1. The normalized spacial score (nSPS) is 20.7. The molecule has 4 nitrogen and oxygen atoms in total. The molecule has 1 aromatic carbocycles. The van der Waals surface area contributed by atoms with Gasteiger partial charge in [0.1, 0.15) is 5.76 Å². The molecular formula is C18H28N2O2. The molecule has 0 amide bonds. The number of morpholine rings is 1. The van der Waals surface area contributed by atoms with Crippen molar-refractivity contribution in [3.63, 3.8) is 0 Å². The van der Waals surface area contributed by atoms with E-state index in [9.17, 15) is 0 Å². The molecule has 0 aromatic heterocycles. The SMILES string of the molecule is C=Nc1ccc(N2CC(C)OC(C)C2)cc1C(=C)OC.CC. The molecule has 0 aliphatic carbocycles. The lowest BCUT2D eigenvalue weighted by Crippen LogP contribution is -2.45. The maximum atomic E-state index is 5.77. The number of hydrogen-bond acceptors (Lipinski definition) is 4. The smallest absolute Gasteiger partial charge is 0.121 e. The number of ether oxygens (including phenoxy) is 2. The van der Waals surface area contributed by atoms with Crippen LogP contribution in [-0.4, -0.2) is 39.1 Å². The van der Waals surface area contributed by atoms with Gasteiger partial charge in [0.25, 0.3) is 0 Å². The fourth-order valence-electron chi connectivity index (χ4n) is 2.58. The molecule has 1 aliphatic heterocycles. The van der Waals surface area contributed by atoms with E-state index in [0.29, 0.717) is 5.76 Å². The van der Waals surface area contributed by atoms with E-state index in [1.165, 1.54) is 0 Å². The van der Waals surface area contributed by atoms with Crippen molar-refractivity contribution in [3.05, 3.63) is 30.3 Å². The van der Waals surface area contributed by atoms with Crippen LogP contribution in [0.3, 0.4) is 0 Å². The predicted molar refractivity (Wildman–Crippen MR) is 95.3 cm³/mol. The van der Waals surface area contributed by atoms with Gasteiger partial charge >= 0.3 is 0 Å². The zero-order valence-corrected chi connectivity index (χ0v) is 14.4. The molecular weight excluding hydrogens is 276 g/mol. The predicted octanol–water partition coefficient (Wildman–Crippen LogP) is 4.28. The highest BCUT2D eigenvalue weighted by atomic mass is 16.5. The molecule has 0 spiro atoms. The van der Waals surface area contributed by atoms with E-state index in [1.54, 1.807) is 7.11 Å². The van der Waals surface area contributed by atoms with Gasteiger partial charge < -0.3 is 14.4 Å². The Balaban J connectivity index is 0.00000116. The minimum atomic E-state index is 0.227. The van der Waals surface area contributed by atoms with Crippen LogP contribution >= 0.6 is 0 Å². The molecule has 0 radical (unpaired) electrons. The molecule has 0 bridgehead atoms. The molecule has 2 atom stereocenters. The zero-order valence-electron chi connectivity index (χ0n) is 14.4. The van der Waals surface area contributed by atoms with Crippen molar-refractivity contribution in [1.82, 2.24) is 0 Å². The van der Waals surface area contributed by atoms with E-state index in [4.69, 9.17) is 9.47 Å². The maximum absolute atomic E-state index is 5.77. The lowest BCUT2D eigenvalue weighted by molar-refractivity contribution is -0.00521. The number of benzene rings is 1. The summed E-state index contributed by atoms with van der Waals surface area (Å²) in [6, 6.07) is 6.06. The second-order valence-electron chi connectivity index (χ2n) is 5.15. The monoisotopic (exact) mass is 304 g/mol. The summed E-state index contributed by atoms with van der Waals surface area (Å²) in [6.07, 6.45) is 0.454. The Morgan fingerprint density at radius 2 is 1.86 bits per heavy atom. The topological polar surface area (TPSA) is 34.1 Å². The van der Waals surface area contributed by atoms with Gasteiger partial charge in [0, 0.05) is 24.3 Å². The second kappa shape index (κ2) is 8.59. The molecule has 0 saturated carbocycles. The minimum Gasteiger partial charge on any atom is -0.497 e. The van der Waals surface area contributed by atoms with Gasteiger partial charge in [-0.15, -0.1) is 0 Å². The van der Waals surface area contributed by atoms with Gasteiger partial charge in [-0.1, -0.05) is 20.4 Å². The van der Waals surface area contributed by atoms with Crippen LogP contribution in [-0.2, 0) is 9.47 Å². The van der Waals surface area contributed by atoms with Gasteiger partial charge in [0.05, 0.1) is 25.0 Å². The van der Waals surface area contributed by atoms with Gasteiger partial charge in [-0.3, -0.25) is 4.99 Å². The number of nitrogens with zero attached hydrogens (tertiary/aromatic N) is 2. The molecule has 0 N–H and O–H groups in total. The first kappa shape index (κ1) is 18.2. The van der Waals surface area contributed by atoms with Crippen molar-refractivity contribution in [2.45, 2.75) is 39.9 Å². The summed E-state index contributed by atoms with van der Waals surface area (Å²) in [6.45, 7) is 17.5. The molecule has 4 heteroatoms. The summed E-state index contributed by atoms with van der Waals surface area (Å²) in [5.74, 6) is 0.601. The maximum Gasteiger partial charge on any atom is 0.121 e. The van der Waals surface area contributed by atoms with Crippen molar-refractivity contribution in [1.29, 1.82) is 0 Å². The third-order valence-corrected chi connectivity index (χ3v) is 3.48. The van der Waals surface area contributed by atoms with Crippen molar-refractivity contribution < 1.29 is 9.47 Å². The standard InChI is InChI=1S/C16H22N2O2.C2H6/c1-11-9-18(10-12(2)20-11)14-6-7-16(17-4)15(8-14)13(3)19-5;1-2/h6-8,11-12H,3-4,9-10H2,1-2,5H3;1-2H3. The van der Waals surface area contributed by atoms with Gasteiger partial charge in [-0.2, -0.15) is 0 Å². The Morgan fingerprint density at radius 3 is 2.36 bits per heavy atom. The van der Waals surface area contributed by atoms with E-state index >= 15 is 0 Å². The molecule has 1 saturated heterocycles. The summed E-state index contributed by atoms with van der Waals surface area (Å²) >= 11 is 0. The van der Waals surface area contributed by atoms with Crippen molar-refractivity contribution in [2.75, 3.05) is 25.1 Å². The van der Waals surface area contributed by atoms with E-state index < -0.39 is 0 Å². The molecule has 1 aliphatic rings. The molecule has 2 unspecified atom stereocenters. The van der Waals surface area contributed by atoms with Crippen LogP contribution in [0.25, 0.3) is 5.76 Å². The third kappa shape index (κ3) is 4.34. The Hall–Kier alpha value is -1.81. The average molecular weight is 304 g/mol. The lowest BCUT2D eigenvalue weighted by atomic mass is 10.1. The van der Waals surface area contributed by atoms with Crippen LogP contribution in [0.2, 0.25) is 0 Å². The highest BCUT2D eigenvalue weighted by Gasteiger charge is 2.23. The highest BCUT2D eigenvalue weighted by Crippen LogP contribution is 2.31. The van der Waals surface area contributed by atoms with Crippen LogP contribution in [0.1, 0.15) is 33.3 Å². The van der Waals surface area contributed by atoms with Gasteiger partial charge in [-0.25, -0.2) is 0 Å². The largest absolute Gasteiger partial charge is 0.497 e. The Kier molecular flexibility index (Phi) is 7.12. The summed E-state index contributed by atoms with van der Waals surface area (Å²) in [7, 11) is 1.61. The number of anilines is 1. The van der Waals surface area contributed by atoms with Gasteiger partial charge in [0.15, 0.2) is 0 Å². The van der Waals surface area contributed by atoms with Crippen LogP contribution < -0.4 is 4.90 Å². The van der Waals surface area contributed by atoms with E-state index in [0.717, 1.165) is 30.0 Å². The molecule has 1 heterocycles. The summed E-state index contributed by atoms with van der Waals surface area (Å²) in [5.41, 5.74) is 2.80. The molecule has 122 valence electrons. The van der Waals surface area contributed by atoms with Gasteiger partial charge in [0.2, 0.25) is 0 Å². The minimum absolute atomic E-state index is 0.227.